The number of fused-ring (bicyclic) bond motifs is 1. The van der Waals surface area contributed by atoms with Gasteiger partial charge in [-0.25, -0.2) is 0 Å². The Balaban J connectivity index is 1.68. The first kappa shape index (κ1) is 17.0. The Hall–Kier alpha value is -2.49. The van der Waals surface area contributed by atoms with Crippen molar-refractivity contribution in [3.8, 4) is 0 Å². The van der Waals surface area contributed by atoms with E-state index in [9.17, 15) is 4.79 Å². The van der Waals surface area contributed by atoms with Crippen LogP contribution in [0.2, 0.25) is 0 Å². The van der Waals surface area contributed by atoms with E-state index in [2.05, 4.69) is 48.1 Å². The highest BCUT2D eigenvalue weighted by molar-refractivity contribution is 5.95. The van der Waals surface area contributed by atoms with Crippen molar-refractivity contribution in [3.63, 3.8) is 0 Å². The molecule has 0 amide bonds. The summed E-state index contributed by atoms with van der Waals surface area (Å²) in [6, 6.07) is 15.0. The summed E-state index contributed by atoms with van der Waals surface area (Å²) < 4.78 is 4.91. The molecule has 1 heterocycles. The van der Waals surface area contributed by atoms with Crippen LogP contribution in [0.25, 0.3) is 10.8 Å². The van der Waals surface area contributed by atoms with E-state index in [1.165, 1.54) is 44.6 Å². The molecule has 4 nitrogen and oxygen atoms in total. The fourth-order valence-corrected chi connectivity index (χ4v) is 3.93. The third kappa shape index (κ3) is 3.28. The van der Waals surface area contributed by atoms with Crippen LogP contribution in [-0.2, 0) is 9.53 Å². The zero-order valence-corrected chi connectivity index (χ0v) is 15.1. The van der Waals surface area contributed by atoms with Gasteiger partial charge in [0, 0.05) is 23.3 Å². The zero-order chi connectivity index (χ0) is 17.9. The van der Waals surface area contributed by atoms with Crippen LogP contribution in [0.15, 0.2) is 54.4 Å². The van der Waals surface area contributed by atoms with E-state index in [1.54, 1.807) is 0 Å². The molecule has 0 saturated heterocycles. The Morgan fingerprint density at radius 2 is 1.88 bits per heavy atom. The van der Waals surface area contributed by atoms with E-state index in [1.807, 2.05) is 17.0 Å². The van der Waals surface area contributed by atoms with Crippen LogP contribution in [0.5, 0.6) is 0 Å². The van der Waals surface area contributed by atoms with Crippen LogP contribution in [0.4, 0.5) is 5.69 Å². The third-order valence-electron chi connectivity index (χ3n) is 5.32. The smallest absolute Gasteiger partial charge is 0.311 e. The van der Waals surface area contributed by atoms with Gasteiger partial charge in [0.15, 0.2) is 0 Å². The molecular weight excluding hydrogens is 324 g/mol. The molecule has 26 heavy (non-hydrogen) atoms. The molecule has 0 N–H and O–H groups in total. The number of hydrogen-bond donors (Lipinski definition) is 0. The van der Waals surface area contributed by atoms with Gasteiger partial charge in [-0.3, -0.25) is 4.79 Å². The van der Waals surface area contributed by atoms with Crippen LogP contribution in [0.3, 0.4) is 0 Å². The number of ether oxygens (including phenoxy) is 1. The first-order valence-corrected chi connectivity index (χ1v) is 9.36. The molecule has 2 radical (unpaired) electrons. The summed E-state index contributed by atoms with van der Waals surface area (Å²) in [6.07, 6.45) is 8.52. The van der Waals surface area contributed by atoms with Gasteiger partial charge in [0.1, 0.15) is 0 Å². The van der Waals surface area contributed by atoms with Crippen molar-refractivity contribution in [1.29, 1.82) is 0 Å². The van der Waals surface area contributed by atoms with E-state index in [-0.39, 0.29) is 12.4 Å². The van der Waals surface area contributed by atoms with E-state index < -0.39 is 0 Å². The average Bonchev–Trinajstić information content (AvgIpc) is 3.11. The molecule has 0 bridgehead atoms. The SMILES string of the molecule is COC(=O)CC1=CN(C2CCCCC2)[C]N1c1cccc2ccccc12. The highest BCUT2D eigenvalue weighted by atomic mass is 16.5. The number of carbonyl (C=O) groups excluding carboxylic acids is 1. The lowest BCUT2D eigenvalue weighted by atomic mass is 9.95. The number of carbonyl (C=O) groups is 1. The second-order valence-electron chi connectivity index (χ2n) is 7.01. The zero-order valence-electron chi connectivity index (χ0n) is 15.1. The van der Waals surface area contributed by atoms with Crippen LogP contribution in [0.1, 0.15) is 38.5 Å². The monoisotopic (exact) mass is 348 g/mol. The molecule has 1 aliphatic heterocycles. The lowest BCUT2D eigenvalue weighted by molar-refractivity contribution is -0.139. The number of benzene rings is 2. The summed E-state index contributed by atoms with van der Waals surface area (Å²) in [5, 5.41) is 2.34. The average molecular weight is 348 g/mol. The minimum atomic E-state index is -0.228. The Morgan fingerprint density at radius 3 is 2.69 bits per heavy atom. The van der Waals surface area contributed by atoms with E-state index >= 15 is 0 Å². The molecule has 2 aliphatic rings. The maximum absolute atomic E-state index is 12.0. The molecule has 0 aromatic heterocycles. The summed E-state index contributed by atoms with van der Waals surface area (Å²) in [4.78, 5) is 16.2. The summed E-state index contributed by atoms with van der Waals surface area (Å²) in [6.45, 7) is 3.51. The van der Waals surface area contributed by atoms with E-state index in [4.69, 9.17) is 4.74 Å². The predicted octanol–water partition coefficient (Wildman–Crippen LogP) is 4.70. The molecule has 2 aromatic rings. The van der Waals surface area contributed by atoms with Crippen molar-refractivity contribution in [2.75, 3.05) is 12.0 Å². The third-order valence-corrected chi connectivity index (χ3v) is 5.32. The van der Waals surface area contributed by atoms with Gasteiger partial charge in [-0.1, -0.05) is 55.7 Å². The Bertz CT molecular complexity index is 819. The van der Waals surface area contributed by atoms with Crippen molar-refractivity contribution < 1.29 is 9.53 Å². The van der Waals surface area contributed by atoms with Gasteiger partial charge in [0.2, 0.25) is 6.67 Å². The van der Waals surface area contributed by atoms with Gasteiger partial charge in [0.25, 0.3) is 0 Å². The molecule has 0 spiro atoms. The molecule has 1 fully saturated rings. The topological polar surface area (TPSA) is 32.8 Å². The van der Waals surface area contributed by atoms with Crippen molar-refractivity contribution in [1.82, 2.24) is 4.90 Å². The summed E-state index contributed by atoms with van der Waals surface area (Å²) in [5.74, 6) is -0.228. The predicted molar refractivity (Wildman–Crippen MR) is 103 cm³/mol. The molecule has 0 unspecified atom stereocenters. The van der Waals surface area contributed by atoms with Gasteiger partial charge in [-0.05, 0) is 24.3 Å². The Labute approximate surface area is 155 Å². The lowest BCUT2D eigenvalue weighted by Gasteiger charge is -2.31. The number of rotatable bonds is 4. The fraction of sp³-hybridized carbons (Fsp3) is 0.364. The van der Waals surface area contributed by atoms with Gasteiger partial charge in [-0.15, -0.1) is 0 Å². The van der Waals surface area contributed by atoms with Gasteiger partial charge in [-0.2, -0.15) is 0 Å². The molecule has 2 aromatic carbocycles. The minimum absolute atomic E-state index is 0.228. The summed E-state index contributed by atoms with van der Waals surface area (Å²) in [7, 11) is 1.44. The first-order chi connectivity index (χ1) is 12.8. The van der Waals surface area contributed by atoms with Crippen molar-refractivity contribution >= 4 is 22.4 Å². The van der Waals surface area contributed by atoms with Crippen LogP contribution in [0, 0.1) is 6.67 Å². The largest absolute Gasteiger partial charge is 0.469 e. The Morgan fingerprint density at radius 1 is 1.12 bits per heavy atom. The fourth-order valence-electron chi connectivity index (χ4n) is 3.93. The highest BCUT2D eigenvalue weighted by Gasteiger charge is 2.31. The first-order valence-electron chi connectivity index (χ1n) is 9.36. The second kappa shape index (κ2) is 7.40. The van der Waals surface area contributed by atoms with Gasteiger partial charge in [0.05, 0.1) is 19.2 Å². The number of methoxy groups -OCH3 is 1. The summed E-state index contributed by atoms with van der Waals surface area (Å²) in [5.41, 5.74) is 1.97. The normalized spacial score (nSPS) is 18.3. The lowest BCUT2D eigenvalue weighted by Crippen LogP contribution is -2.32. The minimum Gasteiger partial charge on any atom is -0.469 e. The number of hydrogen-bond acceptors (Lipinski definition) is 4. The number of anilines is 1. The molecule has 1 aliphatic carbocycles. The van der Waals surface area contributed by atoms with E-state index in [0.29, 0.717) is 6.04 Å². The quantitative estimate of drug-likeness (QED) is 0.750. The van der Waals surface area contributed by atoms with Gasteiger partial charge >= 0.3 is 5.97 Å². The molecule has 4 rings (SSSR count). The van der Waals surface area contributed by atoms with Crippen LogP contribution in [-0.4, -0.2) is 24.0 Å². The molecule has 134 valence electrons. The highest BCUT2D eigenvalue weighted by Crippen LogP contribution is 2.37. The van der Waals surface area contributed by atoms with Gasteiger partial charge < -0.3 is 14.5 Å². The number of esters is 1. The maximum atomic E-state index is 12.0. The standard InChI is InChI=1S/C22H24N2O2/c1-26-22(25)14-19-15-23(18-10-3-2-4-11-18)16-24(19)21-13-7-9-17-8-5-6-12-20(17)21/h5-9,12-13,15,18H,2-4,10-11,14H2,1H3. The van der Waals surface area contributed by atoms with Crippen LogP contribution < -0.4 is 4.90 Å². The van der Waals surface area contributed by atoms with Crippen molar-refractivity contribution in [2.45, 2.75) is 44.6 Å². The second-order valence-corrected chi connectivity index (χ2v) is 7.01. The maximum Gasteiger partial charge on any atom is 0.311 e. The van der Waals surface area contributed by atoms with E-state index in [0.717, 1.165) is 16.8 Å². The Kier molecular flexibility index (Phi) is 4.83. The van der Waals surface area contributed by atoms with Crippen molar-refractivity contribution in [2.24, 2.45) is 0 Å². The molecule has 4 heteroatoms. The summed E-state index contributed by atoms with van der Waals surface area (Å²) >= 11 is 0. The number of nitrogens with zero attached hydrogens (tertiary/aromatic N) is 2. The van der Waals surface area contributed by atoms with Crippen molar-refractivity contribution in [3.05, 3.63) is 61.0 Å². The molecule has 1 saturated carbocycles. The molecular formula is C22H24N2O2. The molecule has 0 atom stereocenters. The van der Waals surface area contributed by atoms with Crippen LogP contribution >= 0.6 is 0 Å².